The zero-order valence-corrected chi connectivity index (χ0v) is 15.5. The summed E-state index contributed by atoms with van der Waals surface area (Å²) in [6.45, 7) is 6.88. The summed E-state index contributed by atoms with van der Waals surface area (Å²) in [5, 5.41) is 2.93. The first-order valence-electron chi connectivity index (χ1n) is 9.01. The summed E-state index contributed by atoms with van der Waals surface area (Å²) in [7, 11) is 0. The largest absolute Gasteiger partial charge is 0.444 e. The number of carbonyl (C=O) groups excluding carboxylic acids is 2. The molecular weight excluding hydrogens is 332 g/mol. The molecular formula is C19H26N4O3. The second-order valence-corrected chi connectivity index (χ2v) is 7.68. The number of amides is 2. The number of aromatic nitrogens is 2. The molecule has 2 heterocycles. The minimum Gasteiger partial charge on any atom is -0.444 e. The highest BCUT2D eigenvalue weighted by molar-refractivity contribution is 5.80. The minimum absolute atomic E-state index is 0.0567. The standard InChI is InChI=1S/C19H26N4O3/c1-19(2,3)26-18(25)23-10-6-7-13(12-23)17(24)20-11-16-21-14-8-4-5-9-15(14)22-16/h4-5,8-9,13H,6-7,10-12H2,1-3H3,(H,20,24)(H,21,22). The Morgan fingerprint density at radius 3 is 2.85 bits per heavy atom. The number of fused-ring (bicyclic) bond motifs is 1. The van der Waals surface area contributed by atoms with Crippen molar-refractivity contribution in [3.8, 4) is 0 Å². The number of ether oxygens (including phenoxy) is 1. The number of benzene rings is 1. The normalized spacial score (nSPS) is 18.0. The van der Waals surface area contributed by atoms with Crippen molar-refractivity contribution < 1.29 is 14.3 Å². The van der Waals surface area contributed by atoms with Gasteiger partial charge in [0.15, 0.2) is 0 Å². The van der Waals surface area contributed by atoms with Crippen molar-refractivity contribution in [3.63, 3.8) is 0 Å². The highest BCUT2D eigenvalue weighted by Gasteiger charge is 2.30. The minimum atomic E-state index is -0.534. The van der Waals surface area contributed by atoms with Crippen molar-refractivity contribution >= 4 is 23.0 Å². The first kappa shape index (κ1) is 18.2. The number of aromatic amines is 1. The molecule has 140 valence electrons. The fourth-order valence-corrected chi connectivity index (χ4v) is 3.09. The first-order valence-corrected chi connectivity index (χ1v) is 9.01. The van der Waals surface area contributed by atoms with E-state index in [1.807, 2.05) is 45.0 Å². The zero-order valence-electron chi connectivity index (χ0n) is 15.5. The Hall–Kier alpha value is -2.57. The predicted molar refractivity (Wildman–Crippen MR) is 98.5 cm³/mol. The molecule has 1 saturated heterocycles. The van der Waals surface area contributed by atoms with E-state index in [0.29, 0.717) is 19.6 Å². The molecule has 1 unspecified atom stereocenters. The van der Waals surface area contributed by atoms with Gasteiger partial charge in [0.2, 0.25) is 5.91 Å². The molecule has 3 rings (SSSR count). The lowest BCUT2D eigenvalue weighted by Crippen LogP contribution is -2.47. The molecule has 0 radical (unpaired) electrons. The number of rotatable bonds is 3. The molecule has 7 nitrogen and oxygen atoms in total. The summed E-state index contributed by atoms with van der Waals surface area (Å²) in [4.78, 5) is 34.0. The summed E-state index contributed by atoms with van der Waals surface area (Å²) in [6, 6.07) is 7.75. The average Bonchev–Trinajstić information content (AvgIpc) is 3.01. The van der Waals surface area contributed by atoms with E-state index in [9.17, 15) is 9.59 Å². The van der Waals surface area contributed by atoms with E-state index in [0.717, 1.165) is 29.7 Å². The quantitative estimate of drug-likeness (QED) is 0.883. The van der Waals surface area contributed by atoms with Crippen LogP contribution >= 0.6 is 0 Å². The molecule has 0 aliphatic carbocycles. The Morgan fingerprint density at radius 2 is 2.12 bits per heavy atom. The van der Waals surface area contributed by atoms with Gasteiger partial charge in [0.1, 0.15) is 11.4 Å². The molecule has 1 aliphatic heterocycles. The fourth-order valence-electron chi connectivity index (χ4n) is 3.09. The highest BCUT2D eigenvalue weighted by atomic mass is 16.6. The molecule has 0 bridgehead atoms. The van der Waals surface area contributed by atoms with Crippen molar-refractivity contribution in [2.75, 3.05) is 13.1 Å². The van der Waals surface area contributed by atoms with Crippen LogP contribution in [0.1, 0.15) is 39.4 Å². The zero-order chi connectivity index (χ0) is 18.7. The number of imidazole rings is 1. The summed E-state index contributed by atoms with van der Waals surface area (Å²) in [5.74, 6) is 0.443. The van der Waals surface area contributed by atoms with Crippen LogP contribution < -0.4 is 5.32 Å². The molecule has 0 saturated carbocycles. The van der Waals surface area contributed by atoms with Gasteiger partial charge in [-0.15, -0.1) is 0 Å². The Bertz CT molecular complexity index is 760. The number of para-hydroxylation sites is 2. The highest BCUT2D eigenvalue weighted by Crippen LogP contribution is 2.20. The summed E-state index contributed by atoms with van der Waals surface area (Å²) < 4.78 is 5.41. The van der Waals surface area contributed by atoms with Gasteiger partial charge in [-0.3, -0.25) is 4.79 Å². The lowest BCUT2D eigenvalue weighted by Gasteiger charge is -2.33. The molecule has 1 fully saturated rings. The van der Waals surface area contributed by atoms with Crippen molar-refractivity contribution in [2.24, 2.45) is 5.92 Å². The van der Waals surface area contributed by atoms with Crippen LogP contribution in [0.5, 0.6) is 0 Å². The molecule has 7 heteroatoms. The Labute approximate surface area is 153 Å². The summed E-state index contributed by atoms with van der Waals surface area (Å²) in [5.41, 5.74) is 1.30. The van der Waals surface area contributed by atoms with Gasteiger partial charge < -0.3 is 19.9 Å². The van der Waals surface area contributed by atoms with Crippen molar-refractivity contribution in [2.45, 2.75) is 45.8 Å². The van der Waals surface area contributed by atoms with E-state index in [-0.39, 0.29) is 17.9 Å². The van der Waals surface area contributed by atoms with Crippen molar-refractivity contribution in [1.82, 2.24) is 20.2 Å². The second-order valence-electron chi connectivity index (χ2n) is 7.68. The van der Waals surface area contributed by atoms with Gasteiger partial charge in [-0.2, -0.15) is 0 Å². The van der Waals surface area contributed by atoms with E-state index < -0.39 is 5.60 Å². The molecule has 1 aliphatic rings. The third-order valence-electron chi connectivity index (χ3n) is 4.31. The van der Waals surface area contributed by atoms with Gasteiger partial charge in [-0.25, -0.2) is 9.78 Å². The Kier molecular flexibility index (Phi) is 5.15. The predicted octanol–water partition coefficient (Wildman–Crippen LogP) is 2.83. The first-order chi connectivity index (χ1) is 12.3. The number of H-pyrrole nitrogens is 1. The topological polar surface area (TPSA) is 87.3 Å². The van der Waals surface area contributed by atoms with Crippen LogP contribution in [0.4, 0.5) is 4.79 Å². The Morgan fingerprint density at radius 1 is 1.35 bits per heavy atom. The molecule has 1 atom stereocenters. The van der Waals surface area contributed by atoms with Crippen LogP contribution in [-0.2, 0) is 16.1 Å². The number of carbonyl (C=O) groups is 2. The van der Waals surface area contributed by atoms with E-state index in [2.05, 4.69) is 15.3 Å². The van der Waals surface area contributed by atoms with Crippen molar-refractivity contribution in [1.29, 1.82) is 0 Å². The number of nitrogens with zero attached hydrogens (tertiary/aromatic N) is 2. The molecule has 0 spiro atoms. The van der Waals surface area contributed by atoms with Gasteiger partial charge in [-0.1, -0.05) is 12.1 Å². The molecule has 2 aromatic rings. The van der Waals surface area contributed by atoms with E-state index in [4.69, 9.17) is 4.74 Å². The number of piperidine rings is 1. The van der Waals surface area contributed by atoms with Crippen LogP contribution in [0, 0.1) is 5.92 Å². The van der Waals surface area contributed by atoms with Gasteiger partial charge in [0.25, 0.3) is 0 Å². The SMILES string of the molecule is CC(C)(C)OC(=O)N1CCCC(C(=O)NCc2nc3ccccc3[nH]2)C1. The van der Waals surface area contributed by atoms with Crippen molar-refractivity contribution in [3.05, 3.63) is 30.1 Å². The average molecular weight is 358 g/mol. The Balaban J connectivity index is 1.54. The lowest BCUT2D eigenvalue weighted by atomic mass is 9.97. The maximum absolute atomic E-state index is 12.5. The smallest absolute Gasteiger partial charge is 0.410 e. The maximum atomic E-state index is 12.5. The van der Waals surface area contributed by atoms with E-state index >= 15 is 0 Å². The maximum Gasteiger partial charge on any atom is 0.410 e. The van der Waals surface area contributed by atoms with Gasteiger partial charge in [-0.05, 0) is 45.7 Å². The third kappa shape index (κ3) is 4.53. The van der Waals surface area contributed by atoms with Gasteiger partial charge >= 0.3 is 6.09 Å². The number of hydrogen-bond donors (Lipinski definition) is 2. The summed E-state index contributed by atoms with van der Waals surface area (Å²) >= 11 is 0. The van der Waals surface area contributed by atoms with E-state index in [1.54, 1.807) is 4.90 Å². The lowest BCUT2D eigenvalue weighted by molar-refractivity contribution is -0.126. The monoisotopic (exact) mass is 358 g/mol. The van der Waals surface area contributed by atoms with Crippen LogP contribution in [0.25, 0.3) is 11.0 Å². The molecule has 2 N–H and O–H groups in total. The van der Waals surface area contributed by atoms with Crippen LogP contribution in [-0.4, -0.2) is 45.6 Å². The van der Waals surface area contributed by atoms with Crippen LogP contribution in [0.2, 0.25) is 0 Å². The van der Waals surface area contributed by atoms with Crippen LogP contribution in [0.15, 0.2) is 24.3 Å². The molecule has 26 heavy (non-hydrogen) atoms. The molecule has 2 amide bonds. The fraction of sp³-hybridized carbons (Fsp3) is 0.526. The van der Waals surface area contributed by atoms with Crippen LogP contribution in [0.3, 0.4) is 0 Å². The molecule has 1 aromatic heterocycles. The second kappa shape index (κ2) is 7.35. The number of likely N-dealkylation sites (tertiary alicyclic amines) is 1. The van der Waals surface area contributed by atoms with E-state index in [1.165, 1.54) is 0 Å². The van der Waals surface area contributed by atoms with Gasteiger partial charge in [0.05, 0.1) is 23.5 Å². The number of hydrogen-bond acceptors (Lipinski definition) is 4. The number of nitrogens with one attached hydrogen (secondary N) is 2. The third-order valence-corrected chi connectivity index (χ3v) is 4.31. The van der Waals surface area contributed by atoms with Gasteiger partial charge in [0, 0.05) is 13.1 Å². The summed E-state index contributed by atoms with van der Waals surface area (Å²) in [6.07, 6.45) is 1.21. The molecule has 1 aromatic carbocycles.